The molecule has 1 atom stereocenters. The van der Waals surface area contributed by atoms with Crippen molar-refractivity contribution in [1.82, 2.24) is 0 Å². The van der Waals surface area contributed by atoms with E-state index < -0.39 is 6.10 Å². The summed E-state index contributed by atoms with van der Waals surface area (Å²) in [5.74, 6) is -0.990. The Morgan fingerprint density at radius 1 is 0.323 bits per heavy atom. The van der Waals surface area contributed by atoms with E-state index in [0.29, 0.717) is 19.3 Å². The SMILES string of the molecule is CC/C=C\C/C=C\C/C=C\C/C=C\C/C=C\C/C=C\CCC(=O)OC[C@H](COC(=O)CCCCCCCCC/C=C\CCCCCCCC)OC(=O)CCCCCCCCCCCCC. The number of carbonyl (C=O) groups is 3. The van der Waals surface area contributed by atoms with Crippen LogP contribution in [0.2, 0.25) is 0 Å². The number of ether oxygens (including phenoxy) is 3. The average molecular weight is 905 g/mol. The number of esters is 3. The summed E-state index contributed by atoms with van der Waals surface area (Å²) in [6.07, 6.45) is 68.7. The van der Waals surface area contributed by atoms with Crippen LogP contribution < -0.4 is 0 Å². The van der Waals surface area contributed by atoms with Crippen LogP contribution in [-0.4, -0.2) is 37.2 Å². The highest BCUT2D eigenvalue weighted by molar-refractivity contribution is 5.71. The maximum atomic E-state index is 12.8. The van der Waals surface area contributed by atoms with Gasteiger partial charge in [0, 0.05) is 19.3 Å². The predicted molar refractivity (Wildman–Crippen MR) is 279 cm³/mol. The zero-order valence-corrected chi connectivity index (χ0v) is 42.5. The fourth-order valence-electron chi connectivity index (χ4n) is 7.35. The normalized spacial score (nSPS) is 12.7. The van der Waals surface area contributed by atoms with Crippen molar-refractivity contribution < 1.29 is 28.6 Å². The first-order chi connectivity index (χ1) is 32.0. The number of rotatable bonds is 48. The first kappa shape index (κ1) is 61.6. The molecule has 0 spiro atoms. The molecular weight excluding hydrogens is 805 g/mol. The molecule has 0 aromatic heterocycles. The molecule has 372 valence electrons. The quantitative estimate of drug-likeness (QED) is 0.0262. The Balaban J connectivity index is 4.45. The number of hydrogen-bond acceptors (Lipinski definition) is 6. The summed E-state index contributed by atoms with van der Waals surface area (Å²) in [6, 6.07) is 0. The van der Waals surface area contributed by atoms with Crippen LogP contribution in [0.4, 0.5) is 0 Å². The molecule has 0 aliphatic carbocycles. The van der Waals surface area contributed by atoms with Gasteiger partial charge in [-0.1, -0.05) is 234 Å². The molecule has 0 heterocycles. The van der Waals surface area contributed by atoms with Crippen LogP contribution in [0.15, 0.2) is 85.1 Å². The van der Waals surface area contributed by atoms with Gasteiger partial charge in [-0.2, -0.15) is 0 Å². The molecule has 0 aliphatic heterocycles. The number of allylic oxidation sites excluding steroid dienone is 14. The lowest BCUT2D eigenvalue weighted by atomic mass is 10.1. The maximum absolute atomic E-state index is 12.8. The Labute approximate surface area is 401 Å². The van der Waals surface area contributed by atoms with Crippen LogP contribution in [-0.2, 0) is 28.6 Å². The lowest BCUT2D eigenvalue weighted by Gasteiger charge is -2.18. The monoisotopic (exact) mass is 905 g/mol. The third-order valence-electron chi connectivity index (χ3n) is 11.4. The van der Waals surface area contributed by atoms with E-state index in [1.165, 1.54) is 128 Å². The largest absolute Gasteiger partial charge is 0.462 e. The second-order valence-corrected chi connectivity index (χ2v) is 17.8. The Bertz CT molecular complexity index is 1270. The highest BCUT2D eigenvalue weighted by atomic mass is 16.6. The van der Waals surface area contributed by atoms with E-state index in [-0.39, 0.29) is 37.5 Å². The second kappa shape index (κ2) is 53.2. The lowest BCUT2D eigenvalue weighted by Crippen LogP contribution is -2.30. The molecule has 0 unspecified atom stereocenters. The van der Waals surface area contributed by atoms with Gasteiger partial charge in [-0.3, -0.25) is 14.4 Å². The lowest BCUT2D eigenvalue weighted by molar-refractivity contribution is -0.166. The van der Waals surface area contributed by atoms with Crippen molar-refractivity contribution >= 4 is 17.9 Å². The first-order valence-electron chi connectivity index (χ1n) is 27.1. The van der Waals surface area contributed by atoms with Crippen molar-refractivity contribution in [3.05, 3.63) is 85.1 Å². The molecule has 6 heteroatoms. The molecular formula is C59H100O6. The maximum Gasteiger partial charge on any atom is 0.306 e. The van der Waals surface area contributed by atoms with Gasteiger partial charge in [0.25, 0.3) is 0 Å². The number of carbonyl (C=O) groups excluding carboxylic acids is 3. The minimum absolute atomic E-state index is 0.101. The van der Waals surface area contributed by atoms with E-state index in [1.54, 1.807) is 0 Å². The van der Waals surface area contributed by atoms with Crippen LogP contribution >= 0.6 is 0 Å². The van der Waals surface area contributed by atoms with Crippen molar-refractivity contribution in [1.29, 1.82) is 0 Å². The van der Waals surface area contributed by atoms with Gasteiger partial charge >= 0.3 is 17.9 Å². The summed E-state index contributed by atoms with van der Waals surface area (Å²) in [7, 11) is 0. The zero-order valence-electron chi connectivity index (χ0n) is 42.5. The molecule has 0 aromatic carbocycles. The summed E-state index contributed by atoms with van der Waals surface area (Å²) in [5.41, 5.74) is 0. The fraction of sp³-hybridized carbons (Fsp3) is 0.712. The second-order valence-electron chi connectivity index (χ2n) is 17.8. The molecule has 0 aromatic rings. The van der Waals surface area contributed by atoms with E-state index in [0.717, 1.165) is 77.0 Å². The standard InChI is InChI=1S/C59H100O6/c1-4-7-10-13-16-19-22-24-26-28-29-31-33-35-38-40-43-46-49-52-58(61)64-55-56(65-59(62)53-50-47-44-41-36-21-18-15-12-9-6-3)54-63-57(60)51-48-45-42-39-37-34-32-30-27-25-23-20-17-14-11-8-5-2/h7,10,16,19,24-27,29,31,35,38,43,46,56H,4-6,8-9,11-15,17-18,20-23,28,30,32-34,36-37,39-42,44-45,47-55H2,1-3H3/b10-7-,19-16-,26-24-,27-25-,31-29-,38-35-,46-43-/t56-/m0/s1. The highest BCUT2D eigenvalue weighted by Crippen LogP contribution is 2.15. The molecule has 0 saturated heterocycles. The summed E-state index contributed by atoms with van der Waals surface area (Å²) in [5, 5.41) is 0. The van der Waals surface area contributed by atoms with Crippen LogP contribution in [0, 0.1) is 0 Å². The van der Waals surface area contributed by atoms with Gasteiger partial charge in [-0.25, -0.2) is 0 Å². The van der Waals surface area contributed by atoms with Gasteiger partial charge in [-0.15, -0.1) is 0 Å². The summed E-state index contributed by atoms with van der Waals surface area (Å²) >= 11 is 0. The van der Waals surface area contributed by atoms with Crippen LogP contribution in [0.3, 0.4) is 0 Å². The third-order valence-corrected chi connectivity index (χ3v) is 11.4. The van der Waals surface area contributed by atoms with E-state index in [9.17, 15) is 14.4 Å². The topological polar surface area (TPSA) is 78.9 Å². The molecule has 0 fully saturated rings. The number of unbranched alkanes of at least 4 members (excludes halogenated alkanes) is 23. The van der Waals surface area contributed by atoms with Crippen molar-refractivity contribution in [3.8, 4) is 0 Å². The van der Waals surface area contributed by atoms with Crippen molar-refractivity contribution in [2.75, 3.05) is 13.2 Å². The van der Waals surface area contributed by atoms with Gasteiger partial charge in [0.1, 0.15) is 13.2 Å². The van der Waals surface area contributed by atoms with Crippen molar-refractivity contribution in [2.24, 2.45) is 0 Å². The molecule has 0 rings (SSSR count). The first-order valence-corrected chi connectivity index (χ1v) is 27.1. The number of hydrogen-bond donors (Lipinski definition) is 0. The minimum atomic E-state index is -0.806. The Kier molecular flexibility index (Phi) is 50.4. The van der Waals surface area contributed by atoms with Crippen molar-refractivity contribution in [2.45, 2.75) is 258 Å². The highest BCUT2D eigenvalue weighted by Gasteiger charge is 2.19. The molecule has 0 saturated carbocycles. The molecule has 0 bridgehead atoms. The molecule has 65 heavy (non-hydrogen) atoms. The van der Waals surface area contributed by atoms with Gasteiger partial charge in [-0.05, 0) is 83.5 Å². The molecule has 0 N–H and O–H groups in total. The minimum Gasteiger partial charge on any atom is -0.462 e. The van der Waals surface area contributed by atoms with E-state index in [2.05, 4.69) is 99.8 Å². The summed E-state index contributed by atoms with van der Waals surface area (Å²) < 4.78 is 16.7. The van der Waals surface area contributed by atoms with Gasteiger partial charge in [0.15, 0.2) is 6.10 Å². The molecule has 6 nitrogen and oxygen atoms in total. The van der Waals surface area contributed by atoms with Gasteiger partial charge in [0.2, 0.25) is 0 Å². The van der Waals surface area contributed by atoms with Crippen LogP contribution in [0.5, 0.6) is 0 Å². The Morgan fingerprint density at radius 2 is 0.631 bits per heavy atom. The van der Waals surface area contributed by atoms with Gasteiger partial charge in [0.05, 0.1) is 0 Å². The molecule has 0 aliphatic rings. The third kappa shape index (κ3) is 51.4. The predicted octanol–water partition coefficient (Wildman–Crippen LogP) is 18.0. The zero-order chi connectivity index (χ0) is 47.2. The fourth-order valence-corrected chi connectivity index (χ4v) is 7.35. The average Bonchev–Trinajstić information content (AvgIpc) is 3.30. The molecule has 0 radical (unpaired) electrons. The Morgan fingerprint density at radius 3 is 1.03 bits per heavy atom. The smallest absolute Gasteiger partial charge is 0.306 e. The van der Waals surface area contributed by atoms with Gasteiger partial charge < -0.3 is 14.2 Å². The van der Waals surface area contributed by atoms with E-state index in [1.807, 2.05) is 6.08 Å². The van der Waals surface area contributed by atoms with Crippen LogP contribution in [0.1, 0.15) is 252 Å². The molecule has 0 amide bonds. The Hall–Kier alpha value is -3.41. The van der Waals surface area contributed by atoms with E-state index >= 15 is 0 Å². The summed E-state index contributed by atoms with van der Waals surface area (Å²) in [6.45, 7) is 6.45. The van der Waals surface area contributed by atoms with Crippen molar-refractivity contribution in [3.63, 3.8) is 0 Å². The van der Waals surface area contributed by atoms with E-state index in [4.69, 9.17) is 14.2 Å². The van der Waals surface area contributed by atoms with Crippen LogP contribution in [0.25, 0.3) is 0 Å². The summed E-state index contributed by atoms with van der Waals surface area (Å²) in [4.78, 5) is 38.0.